The van der Waals surface area contributed by atoms with Crippen molar-refractivity contribution in [2.24, 2.45) is 0 Å². The highest BCUT2D eigenvalue weighted by molar-refractivity contribution is 7.98. The highest BCUT2D eigenvalue weighted by atomic mass is 32.2. The lowest BCUT2D eigenvalue weighted by Gasteiger charge is -2.35. The topological polar surface area (TPSA) is 49.8 Å². The maximum atomic E-state index is 11.0. The number of thioether (sulfide) groups is 1. The summed E-state index contributed by atoms with van der Waals surface area (Å²) in [4.78, 5) is 14.4. The Bertz CT molecular complexity index is 435. The van der Waals surface area contributed by atoms with Crippen LogP contribution in [0.15, 0.2) is 29.2 Å². The molecule has 1 fully saturated rings. The van der Waals surface area contributed by atoms with Gasteiger partial charge in [0.1, 0.15) is 0 Å². The van der Waals surface area contributed by atoms with Gasteiger partial charge in [0.25, 0.3) is 0 Å². The molecule has 1 aliphatic heterocycles. The second-order valence-corrected chi connectivity index (χ2v) is 5.52. The second kappa shape index (κ2) is 6.41. The lowest BCUT2D eigenvalue weighted by Crippen LogP contribution is -2.46. The van der Waals surface area contributed by atoms with Crippen molar-refractivity contribution in [2.45, 2.75) is 24.0 Å². The number of benzene rings is 1. The van der Waals surface area contributed by atoms with E-state index in [9.17, 15) is 4.79 Å². The van der Waals surface area contributed by atoms with Crippen molar-refractivity contribution < 1.29 is 14.6 Å². The lowest BCUT2D eigenvalue weighted by molar-refractivity contribution is -0.157. The molecule has 0 saturated carbocycles. The van der Waals surface area contributed by atoms with Gasteiger partial charge < -0.3 is 9.84 Å². The standard InChI is InChI=1S/C14H19NO3S/c1-10(11-3-5-12(19-2)6-4-11)15-7-8-18-13(9-15)14(16)17/h3-6,10,13H,7-9H2,1-2H3,(H,16,17). The Morgan fingerprint density at radius 3 is 2.74 bits per heavy atom. The average Bonchev–Trinajstić information content (AvgIpc) is 2.46. The molecule has 1 saturated heterocycles. The molecule has 1 heterocycles. The number of aliphatic carboxylic acids is 1. The van der Waals surface area contributed by atoms with Crippen LogP contribution in [0.25, 0.3) is 0 Å². The molecule has 5 heteroatoms. The first kappa shape index (κ1) is 14.4. The van der Waals surface area contributed by atoms with E-state index in [-0.39, 0.29) is 6.04 Å². The summed E-state index contributed by atoms with van der Waals surface area (Å²) in [5.74, 6) is -0.880. The number of nitrogens with zero attached hydrogens (tertiary/aromatic N) is 1. The van der Waals surface area contributed by atoms with Crippen molar-refractivity contribution in [3.8, 4) is 0 Å². The van der Waals surface area contributed by atoms with Gasteiger partial charge in [-0.25, -0.2) is 4.79 Å². The zero-order valence-electron chi connectivity index (χ0n) is 11.2. The predicted molar refractivity (Wildman–Crippen MR) is 75.6 cm³/mol. The molecule has 1 N–H and O–H groups in total. The Morgan fingerprint density at radius 1 is 1.47 bits per heavy atom. The molecule has 1 aromatic carbocycles. The zero-order valence-corrected chi connectivity index (χ0v) is 12.0. The fourth-order valence-electron chi connectivity index (χ4n) is 2.26. The van der Waals surface area contributed by atoms with Crippen molar-refractivity contribution in [3.05, 3.63) is 29.8 Å². The maximum Gasteiger partial charge on any atom is 0.334 e. The summed E-state index contributed by atoms with van der Waals surface area (Å²) in [7, 11) is 0. The number of rotatable bonds is 4. The minimum atomic E-state index is -0.880. The first-order valence-corrected chi connectivity index (χ1v) is 7.56. The molecule has 0 bridgehead atoms. The smallest absolute Gasteiger partial charge is 0.334 e. The summed E-state index contributed by atoms with van der Waals surface area (Å²) >= 11 is 1.72. The van der Waals surface area contributed by atoms with Crippen LogP contribution in [-0.2, 0) is 9.53 Å². The highest BCUT2D eigenvalue weighted by Crippen LogP contribution is 2.24. The molecular weight excluding hydrogens is 262 g/mol. The van der Waals surface area contributed by atoms with Gasteiger partial charge in [-0.3, -0.25) is 4.90 Å². The monoisotopic (exact) mass is 281 g/mol. The Labute approximate surface area is 117 Å². The third-order valence-corrected chi connectivity index (χ3v) is 4.26. The van der Waals surface area contributed by atoms with E-state index >= 15 is 0 Å². The number of carboxylic acids is 1. The van der Waals surface area contributed by atoms with E-state index < -0.39 is 12.1 Å². The molecule has 0 aliphatic carbocycles. The average molecular weight is 281 g/mol. The molecule has 0 aromatic heterocycles. The fraction of sp³-hybridized carbons (Fsp3) is 0.500. The predicted octanol–water partition coefficient (Wildman–Crippen LogP) is 2.25. The molecule has 2 atom stereocenters. The molecule has 19 heavy (non-hydrogen) atoms. The SMILES string of the molecule is CSc1ccc(C(C)N2CCOC(C(=O)O)C2)cc1. The number of morpholine rings is 1. The normalized spacial score (nSPS) is 22.1. The first-order chi connectivity index (χ1) is 9.11. The van der Waals surface area contributed by atoms with Gasteiger partial charge in [-0.2, -0.15) is 0 Å². The van der Waals surface area contributed by atoms with Crippen LogP contribution in [0.3, 0.4) is 0 Å². The Morgan fingerprint density at radius 2 is 2.16 bits per heavy atom. The van der Waals surface area contributed by atoms with Gasteiger partial charge in [0.15, 0.2) is 6.10 Å². The van der Waals surface area contributed by atoms with Crippen molar-refractivity contribution in [1.82, 2.24) is 4.90 Å². The lowest BCUT2D eigenvalue weighted by atomic mass is 10.1. The van der Waals surface area contributed by atoms with Gasteiger partial charge in [-0.05, 0) is 30.9 Å². The van der Waals surface area contributed by atoms with Crippen LogP contribution in [0, 0.1) is 0 Å². The van der Waals surface area contributed by atoms with Crippen molar-refractivity contribution >= 4 is 17.7 Å². The minimum Gasteiger partial charge on any atom is -0.479 e. The van der Waals surface area contributed by atoms with E-state index in [1.807, 2.05) is 0 Å². The summed E-state index contributed by atoms with van der Waals surface area (Å²) in [5.41, 5.74) is 1.21. The Balaban J connectivity index is 2.05. The van der Waals surface area contributed by atoms with Gasteiger partial charge in [0.05, 0.1) is 6.61 Å². The summed E-state index contributed by atoms with van der Waals surface area (Å²) < 4.78 is 5.25. The van der Waals surface area contributed by atoms with E-state index in [0.717, 1.165) is 6.54 Å². The van der Waals surface area contributed by atoms with Gasteiger partial charge in [-0.1, -0.05) is 12.1 Å². The summed E-state index contributed by atoms with van der Waals surface area (Å²) in [5, 5.41) is 9.02. The van der Waals surface area contributed by atoms with E-state index in [1.165, 1.54) is 10.5 Å². The van der Waals surface area contributed by atoms with Crippen LogP contribution in [0.1, 0.15) is 18.5 Å². The van der Waals surface area contributed by atoms with Gasteiger partial charge >= 0.3 is 5.97 Å². The van der Waals surface area contributed by atoms with Gasteiger partial charge in [0, 0.05) is 24.0 Å². The molecule has 1 aliphatic rings. The molecule has 0 radical (unpaired) electrons. The molecule has 4 nitrogen and oxygen atoms in total. The van der Waals surface area contributed by atoms with Crippen LogP contribution in [0.4, 0.5) is 0 Å². The third kappa shape index (κ3) is 3.49. The minimum absolute atomic E-state index is 0.210. The van der Waals surface area contributed by atoms with E-state index in [4.69, 9.17) is 9.84 Å². The number of carboxylic acid groups (broad SMARTS) is 1. The third-order valence-electron chi connectivity index (χ3n) is 3.52. The summed E-state index contributed by atoms with van der Waals surface area (Å²) in [6.07, 6.45) is 1.35. The van der Waals surface area contributed by atoms with Crippen molar-refractivity contribution in [3.63, 3.8) is 0 Å². The van der Waals surface area contributed by atoms with Crippen molar-refractivity contribution in [1.29, 1.82) is 0 Å². The summed E-state index contributed by atoms with van der Waals surface area (Å²) in [6.45, 7) is 3.80. The molecule has 2 rings (SSSR count). The first-order valence-electron chi connectivity index (χ1n) is 6.34. The Hall–Kier alpha value is -1.04. The number of ether oxygens (including phenoxy) is 1. The maximum absolute atomic E-state index is 11.0. The largest absolute Gasteiger partial charge is 0.479 e. The van der Waals surface area contributed by atoms with Crippen LogP contribution in [0.5, 0.6) is 0 Å². The number of hydrogen-bond donors (Lipinski definition) is 1. The fourth-order valence-corrected chi connectivity index (χ4v) is 2.67. The van der Waals surface area contributed by atoms with Crippen molar-refractivity contribution in [2.75, 3.05) is 26.0 Å². The van der Waals surface area contributed by atoms with Crippen LogP contribution >= 0.6 is 11.8 Å². The second-order valence-electron chi connectivity index (χ2n) is 4.64. The molecule has 2 unspecified atom stereocenters. The highest BCUT2D eigenvalue weighted by Gasteiger charge is 2.29. The van der Waals surface area contributed by atoms with Gasteiger partial charge in [0.2, 0.25) is 0 Å². The molecular formula is C14H19NO3S. The number of hydrogen-bond acceptors (Lipinski definition) is 4. The van der Waals surface area contributed by atoms with E-state index in [2.05, 4.69) is 42.3 Å². The molecule has 104 valence electrons. The quantitative estimate of drug-likeness (QED) is 0.858. The molecule has 0 spiro atoms. The van der Waals surface area contributed by atoms with Crippen LogP contribution < -0.4 is 0 Å². The number of carbonyl (C=O) groups is 1. The van der Waals surface area contributed by atoms with Gasteiger partial charge in [-0.15, -0.1) is 11.8 Å². The van der Waals surface area contributed by atoms with E-state index in [0.29, 0.717) is 13.2 Å². The van der Waals surface area contributed by atoms with E-state index in [1.54, 1.807) is 11.8 Å². The zero-order chi connectivity index (χ0) is 13.8. The van der Waals surface area contributed by atoms with Crippen LogP contribution in [-0.4, -0.2) is 48.0 Å². The molecule has 1 aromatic rings. The summed E-state index contributed by atoms with van der Waals surface area (Å²) in [6, 6.07) is 8.64. The molecule has 0 amide bonds. The Kier molecular flexibility index (Phi) is 4.85. The van der Waals surface area contributed by atoms with Crippen LogP contribution in [0.2, 0.25) is 0 Å².